The largest absolute Gasteiger partial charge is 0.380 e. The molecule has 0 bridgehead atoms. The second-order valence-corrected chi connectivity index (χ2v) is 6.21. The third-order valence-electron chi connectivity index (χ3n) is 3.15. The molecule has 1 heterocycles. The Morgan fingerprint density at radius 1 is 1.00 bits per heavy atom. The lowest BCUT2D eigenvalue weighted by atomic mass is 10.1. The lowest BCUT2D eigenvalue weighted by Gasteiger charge is -2.10. The van der Waals surface area contributed by atoms with E-state index in [1.165, 1.54) is 10.9 Å². The number of benzene rings is 2. The van der Waals surface area contributed by atoms with Crippen LogP contribution in [-0.4, -0.2) is 4.98 Å². The van der Waals surface area contributed by atoms with Crippen molar-refractivity contribution in [2.75, 3.05) is 5.32 Å². The summed E-state index contributed by atoms with van der Waals surface area (Å²) in [4.78, 5) is 4.20. The highest BCUT2D eigenvalue weighted by molar-refractivity contribution is 9.13. The predicted molar refractivity (Wildman–Crippen MR) is 90.9 cm³/mol. The van der Waals surface area contributed by atoms with Gasteiger partial charge in [-0.25, -0.2) is 0 Å². The summed E-state index contributed by atoms with van der Waals surface area (Å²) in [7, 11) is 0. The van der Waals surface area contributed by atoms with E-state index < -0.39 is 0 Å². The summed E-state index contributed by atoms with van der Waals surface area (Å²) in [6, 6.07) is 14.5. The molecule has 0 saturated carbocycles. The zero-order valence-corrected chi connectivity index (χ0v) is 13.8. The molecule has 20 heavy (non-hydrogen) atoms. The van der Waals surface area contributed by atoms with Crippen molar-refractivity contribution in [3.63, 3.8) is 0 Å². The molecule has 0 fully saturated rings. The molecule has 2 aromatic carbocycles. The number of nitrogens with zero attached hydrogens (tertiary/aromatic N) is 1. The van der Waals surface area contributed by atoms with Gasteiger partial charge in [0.15, 0.2) is 0 Å². The summed E-state index contributed by atoms with van der Waals surface area (Å²) < 4.78 is 2.13. The van der Waals surface area contributed by atoms with Crippen LogP contribution in [0, 0.1) is 0 Å². The number of hydrogen-bond donors (Lipinski definition) is 1. The normalized spacial score (nSPS) is 10.7. The van der Waals surface area contributed by atoms with Gasteiger partial charge in [0.2, 0.25) is 0 Å². The standard InChI is InChI=1S/C16H12Br2N2/c17-14-5-4-11(8-15(14)18)9-20-16-3-1-2-12-6-7-19-10-13(12)16/h1-8,10,20H,9H2. The Hall–Kier alpha value is -1.39. The molecule has 0 unspecified atom stereocenters. The van der Waals surface area contributed by atoms with E-state index >= 15 is 0 Å². The monoisotopic (exact) mass is 390 g/mol. The minimum Gasteiger partial charge on any atom is -0.380 e. The van der Waals surface area contributed by atoms with Gasteiger partial charge in [-0.3, -0.25) is 4.98 Å². The van der Waals surface area contributed by atoms with E-state index in [0.717, 1.165) is 26.6 Å². The van der Waals surface area contributed by atoms with E-state index in [9.17, 15) is 0 Å². The number of anilines is 1. The first-order chi connectivity index (χ1) is 9.74. The van der Waals surface area contributed by atoms with Crippen LogP contribution in [0.3, 0.4) is 0 Å². The van der Waals surface area contributed by atoms with Crippen LogP contribution < -0.4 is 5.32 Å². The molecule has 100 valence electrons. The Morgan fingerprint density at radius 3 is 2.75 bits per heavy atom. The van der Waals surface area contributed by atoms with Gasteiger partial charge in [0.1, 0.15) is 0 Å². The van der Waals surface area contributed by atoms with Crippen molar-refractivity contribution in [1.29, 1.82) is 0 Å². The van der Waals surface area contributed by atoms with Crippen LogP contribution in [0.25, 0.3) is 10.8 Å². The number of aromatic nitrogens is 1. The van der Waals surface area contributed by atoms with Gasteiger partial charge < -0.3 is 5.32 Å². The van der Waals surface area contributed by atoms with Crippen molar-refractivity contribution in [2.45, 2.75) is 6.54 Å². The van der Waals surface area contributed by atoms with Crippen molar-refractivity contribution >= 4 is 48.3 Å². The molecule has 3 aromatic rings. The predicted octanol–water partition coefficient (Wildman–Crippen LogP) is 5.37. The van der Waals surface area contributed by atoms with Crippen LogP contribution in [0.5, 0.6) is 0 Å². The van der Waals surface area contributed by atoms with Crippen molar-refractivity contribution in [1.82, 2.24) is 4.98 Å². The number of halogens is 2. The fraction of sp³-hybridized carbons (Fsp3) is 0.0625. The van der Waals surface area contributed by atoms with Gasteiger partial charge >= 0.3 is 0 Å². The van der Waals surface area contributed by atoms with E-state index in [1.54, 1.807) is 0 Å². The Labute approximate surface area is 134 Å². The Bertz CT molecular complexity index is 751. The number of hydrogen-bond acceptors (Lipinski definition) is 2. The number of pyridine rings is 1. The Kier molecular flexibility index (Phi) is 4.03. The van der Waals surface area contributed by atoms with E-state index in [2.05, 4.69) is 72.5 Å². The molecular weight excluding hydrogens is 380 g/mol. The Morgan fingerprint density at radius 2 is 1.90 bits per heavy atom. The van der Waals surface area contributed by atoms with Gasteiger partial charge in [-0.05, 0) is 67.1 Å². The summed E-state index contributed by atoms with van der Waals surface area (Å²) in [6.45, 7) is 0.778. The zero-order chi connectivity index (χ0) is 13.9. The van der Waals surface area contributed by atoms with E-state index in [1.807, 2.05) is 24.5 Å². The highest BCUT2D eigenvalue weighted by Gasteiger charge is 2.02. The first-order valence-electron chi connectivity index (χ1n) is 6.24. The second-order valence-electron chi connectivity index (χ2n) is 4.50. The fourth-order valence-electron chi connectivity index (χ4n) is 2.11. The topological polar surface area (TPSA) is 24.9 Å². The van der Waals surface area contributed by atoms with Gasteiger partial charge in [-0.1, -0.05) is 18.2 Å². The summed E-state index contributed by atoms with van der Waals surface area (Å²) in [5.41, 5.74) is 2.33. The Balaban J connectivity index is 1.85. The van der Waals surface area contributed by atoms with Crippen molar-refractivity contribution in [3.05, 3.63) is 69.4 Å². The van der Waals surface area contributed by atoms with Crippen molar-refractivity contribution < 1.29 is 0 Å². The van der Waals surface area contributed by atoms with Gasteiger partial charge in [0, 0.05) is 39.0 Å². The van der Waals surface area contributed by atoms with E-state index in [-0.39, 0.29) is 0 Å². The molecule has 0 saturated heterocycles. The molecule has 4 heteroatoms. The maximum Gasteiger partial charge on any atom is 0.0438 e. The average molecular weight is 392 g/mol. The van der Waals surface area contributed by atoms with Crippen LogP contribution in [0.1, 0.15) is 5.56 Å². The molecule has 1 aromatic heterocycles. The summed E-state index contributed by atoms with van der Waals surface area (Å²) in [6.07, 6.45) is 3.72. The van der Waals surface area contributed by atoms with Crippen LogP contribution >= 0.6 is 31.9 Å². The van der Waals surface area contributed by atoms with Crippen molar-refractivity contribution in [2.24, 2.45) is 0 Å². The molecule has 0 spiro atoms. The molecule has 0 radical (unpaired) electrons. The van der Waals surface area contributed by atoms with Gasteiger partial charge in [-0.15, -0.1) is 0 Å². The smallest absolute Gasteiger partial charge is 0.0438 e. The lowest BCUT2D eigenvalue weighted by molar-refractivity contribution is 1.15. The number of rotatable bonds is 3. The van der Waals surface area contributed by atoms with Crippen LogP contribution in [0.4, 0.5) is 5.69 Å². The molecule has 0 aliphatic heterocycles. The van der Waals surface area contributed by atoms with Crippen LogP contribution in [-0.2, 0) is 6.54 Å². The number of nitrogens with one attached hydrogen (secondary N) is 1. The second kappa shape index (κ2) is 5.94. The summed E-state index contributed by atoms with van der Waals surface area (Å²) >= 11 is 7.01. The van der Waals surface area contributed by atoms with Gasteiger partial charge in [-0.2, -0.15) is 0 Å². The van der Waals surface area contributed by atoms with E-state index in [0.29, 0.717) is 0 Å². The summed E-state index contributed by atoms with van der Waals surface area (Å²) in [5.74, 6) is 0. The third-order valence-corrected chi connectivity index (χ3v) is 5.03. The van der Waals surface area contributed by atoms with Crippen molar-refractivity contribution in [3.8, 4) is 0 Å². The summed E-state index contributed by atoms with van der Waals surface area (Å²) in [5, 5.41) is 5.82. The SMILES string of the molecule is Brc1ccc(CNc2cccc3ccncc23)cc1Br. The zero-order valence-electron chi connectivity index (χ0n) is 10.6. The third kappa shape index (κ3) is 2.86. The molecule has 0 aliphatic carbocycles. The first kappa shape index (κ1) is 13.6. The molecule has 0 amide bonds. The fourth-order valence-corrected chi connectivity index (χ4v) is 2.79. The lowest BCUT2D eigenvalue weighted by Crippen LogP contribution is -2.00. The minimum atomic E-state index is 0.778. The molecule has 1 N–H and O–H groups in total. The van der Waals surface area contributed by atoms with Crippen LogP contribution in [0.2, 0.25) is 0 Å². The molecule has 0 atom stereocenters. The maximum atomic E-state index is 4.20. The minimum absolute atomic E-state index is 0.778. The molecule has 0 aliphatic rings. The van der Waals surface area contributed by atoms with E-state index in [4.69, 9.17) is 0 Å². The van der Waals surface area contributed by atoms with Gasteiger partial charge in [0.25, 0.3) is 0 Å². The molecule has 2 nitrogen and oxygen atoms in total. The average Bonchev–Trinajstić information content (AvgIpc) is 2.48. The highest BCUT2D eigenvalue weighted by atomic mass is 79.9. The quantitative estimate of drug-likeness (QED) is 0.648. The molecular formula is C16H12Br2N2. The highest BCUT2D eigenvalue weighted by Crippen LogP contribution is 2.25. The number of fused-ring (bicyclic) bond motifs is 1. The van der Waals surface area contributed by atoms with Crippen LogP contribution in [0.15, 0.2) is 63.8 Å². The maximum absolute atomic E-state index is 4.20. The molecule has 3 rings (SSSR count). The first-order valence-corrected chi connectivity index (χ1v) is 7.83. The van der Waals surface area contributed by atoms with Gasteiger partial charge in [0.05, 0.1) is 0 Å².